The van der Waals surface area contributed by atoms with Crippen LogP contribution in [0.25, 0.3) is 10.9 Å². The Bertz CT molecular complexity index is 1020. The maximum absolute atomic E-state index is 13.5. The Morgan fingerprint density at radius 3 is 2.44 bits per heavy atom. The van der Waals surface area contributed by atoms with Crippen molar-refractivity contribution >= 4 is 26.6 Å². The second-order valence-corrected chi connectivity index (χ2v) is 12.2. The van der Waals surface area contributed by atoms with Gasteiger partial charge in [0.25, 0.3) is 0 Å². The predicted octanol–water partition coefficient (Wildman–Crippen LogP) is 3.70. The van der Waals surface area contributed by atoms with Crippen LogP contribution in [0.4, 0.5) is 0 Å². The van der Waals surface area contributed by atoms with Gasteiger partial charge in [-0.15, -0.1) is 0 Å². The van der Waals surface area contributed by atoms with Crippen molar-refractivity contribution in [3.8, 4) is 0 Å². The minimum atomic E-state index is -3.01. The van der Waals surface area contributed by atoms with Crippen LogP contribution in [0, 0.1) is 0 Å². The lowest BCUT2D eigenvalue weighted by Crippen LogP contribution is -2.52. The van der Waals surface area contributed by atoms with Crippen LogP contribution in [0.15, 0.2) is 30.3 Å². The Hall–Kier alpha value is -1.86. The first-order valence-corrected chi connectivity index (χ1v) is 14.1. The number of sulfone groups is 1. The molecule has 3 fully saturated rings. The second kappa shape index (κ2) is 9.18. The first kappa shape index (κ1) is 22.0. The lowest BCUT2D eigenvalue weighted by Gasteiger charge is -2.40. The van der Waals surface area contributed by atoms with Gasteiger partial charge >= 0.3 is 0 Å². The van der Waals surface area contributed by atoms with E-state index in [4.69, 9.17) is 0 Å². The summed E-state index contributed by atoms with van der Waals surface area (Å²) < 4.78 is 24.2. The lowest BCUT2D eigenvalue weighted by atomic mass is 9.92. The second-order valence-electron chi connectivity index (χ2n) is 10.0. The van der Waals surface area contributed by atoms with Crippen molar-refractivity contribution in [1.82, 2.24) is 14.8 Å². The van der Waals surface area contributed by atoms with Crippen LogP contribution in [-0.4, -0.2) is 72.3 Å². The van der Waals surface area contributed by atoms with E-state index in [0.29, 0.717) is 18.9 Å². The number of para-hydroxylation sites is 1. The van der Waals surface area contributed by atoms with Crippen molar-refractivity contribution in [2.75, 3.05) is 31.1 Å². The fourth-order valence-electron chi connectivity index (χ4n) is 6.05. The van der Waals surface area contributed by atoms with Gasteiger partial charge in [0.1, 0.15) is 0 Å². The van der Waals surface area contributed by atoms with E-state index in [0.717, 1.165) is 51.6 Å². The van der Waals surface area contributed by atoms with Gasteiger partial charge in [-0.1, -0.05) is 37.5 Å². The number of carbonyl (C=O) groups is 1. The summed E-state index contributed by atoms with van der Waals surface area (Å²) in [4.78, 5) is 21.3. The number of H-pyrrole nitrogens is 1. The van der Waals surface area contributed by atoms with Gasteiger partial charge < -0.3 is 9.88 Å². The number of carbonyl (C=O) groups excluding carboxylic acids is 1. The SMILES string of the molecule is O=C(CN1CCC(c2cc3ccccc3[nH]2)CC1)N(C1CCCCC1)C1CCS(=O)(=O)C1. The summed E-state index contributed by atoms with van der Waals surface area (Å²) >= 11 is 0. The molecule has 174 valence electrons. The number of fused-ring (bicyclic) bond motifs is 1. The van der Waals surface area contributed by atoms with Crippen molar-refractivity contribution in [3.63, 3.8) is 0 Å². The highest BCUT2D eigenvalue weighted by molar-refractivity contribution is 7.91. The van der Waals surface area contributed by atoms with E-state index in [1.807, 2.05) is 4.90 Å². The zero-order valence-electron chi connectivity index (χ0n) is 18.8. The Kier molecular flexibility index (Phi) is 6.30. The van der Waals surface area contributed by atoms with Gasteiger partial charge in [0, 0.05) is 29.2 Å². The maximum atomic E-state index is 13.5. The quantitative estimate of drug-likeness (QED) is 0.743. The highest BCUT2D eigenvalue weighted by Gasteiger charge is 2.39. The third-order valence-corrected chi connectivity index (χ3v) is 9.55. The highest BCUT2D eigenvalue weighted by Crippen LogP contribution is 2.31. The Labute approximate surface area is 191 Å². The molecule has 2 aliphatic heterocycles. The smallest absolute Gasteiger partial charge is 0.237 e. The summed E-state index contributed by atoms with van der Waals surface area (Å²) in [5, 5.41) is 1.26. The van der Waals surface area contributed by atoms with Crippen molar-refractivity contribution in [2.45, 2.75) is 69.4 Å². The number of piperidine rings is 1. The first-order chi connectivity index (χ1) is 15.5. The van der Waals surface area contributed by atoms with E-state index in [2.05, 4.69) is 40.2 Å². The Morgan fingerprint density at radius 2 is 1.75 bits per heavy atom. The maximum Gasteiger partial charge on any atom is 0.237 e. The number of hydrogen-bond acceptors (Lipinski definition) is 4. The fourth-order valence-corrected chi connectivity index (χ4v) is 7.76. The van der Waals surface area contributed by atoms with Gasteiger partial charge in [-0.25, -0.2) is 8.42 Å². The third kappa shape index (κ3) is 4.74. The molecule has 1 unspecified atom stereocenters. The molecule has 3 heterocycles. The van der Waals surface area contributed by atoms with Gasteiger partial charge in [-0.05, 0) is 62.7 Å². The van der Waals surface area contributed by atoms with Gasteiger partial charge in [0.05, 0.1) is 18.1 Å². The van der Waals surface area contributed by atoms with Gasteiger partial charge in [-0.3, -0.25) is 9.69 Å². The number of aromatic nitrogens is 1. The molecule has 1 aliphatic carbocycles. The first-order valence-electron chi connectivity index (χ1n) is 12.3. The molecule has 1 saturated carbocycles. The molecule has 0 bridgehead atoms. The van der Waals surface area contributed by atoms with E-state index in [1.165, 1.54) is 23.0 Å². The van der Waals surface area contributed by atoms with Crippen LogP contribution in [0.1, 0.15) is 63.0 Å². The highest BCUT2D eigenvalue weighted by atomic mass is 32.2. The zero-order chi connectivity index (χ0) is 22.1. The molecular formula is C25H35N3O3S. The van der Waals surface area contributed by atoms with Gasteiger partial charge in [0.15, 0.2) is 9.84 Å². The molecule has 1 N–H and O–H groups in total. The molecule has 5 rings (SSSR count). The molecule has 0 radical (unpaired) electrons. The topological polar surface area (TPSA) is 73.5 Å². The Morgan fingerprint density at radius 1 is 1.00 bits per heavy atom. The van der Waals surface area contributed by atoms with E-state index >= 15 is 0 Å². The molecule has 2 saturated heterocycles. The molecular weight excluding hydrogens is 422 g/mol. The van der Waals surface area contributed by atoms with Crippen LogP contribution < -0.4 is 0 Å². The number of likely N-dealkylation sites (tertiary alicyclic amines) is 1. The lowest BCUT2D eigenvalue weighted by molar-refractivity contribution is -0.138. The van der Waals surface area contributed by atoms with Crippen LogP contribution in [-0.2, 0) is 14.6 Å². The van der Waals surface area contributed by atoms with Gasteiger partial charge in [-0.2, -0.15) is 0 Å². The van der Waals surface area contributed by atoms with Crippen molar-refractivity contribution < 1.29 is 13.2 Å². The number of nitrogens with one attached hydrogen (secondary N) is 1. The zero-order valence-corrected chi connectivity index (χ0v) is 19.7. The van der Waals surface area contributed by atoms with Gasteiger partial charge in [0.2, 0.25) is 5.91 Å². The standard InChI is InChI=1S/C25H35N3O3S/c29-25(28(21-7-2-1-3-8-21)22-12-15-32(30,31)18-22)17-27-13-10-19(11-14-27)24-16-20-6-4-5-9-23(20)26-24/h4-6,9,16,19,21-22,26H,1-3,7-8,10-15,17-18H2. The van der Waals surface area contributed by atoms with Crippen molar-refractivity contribution in [2.24, 2.45) is 0 Å². The molecule has 2 aromatic rings. The molecule has 3 aliphatic rings. The number of aromatic amines is 1. The monoisotopic (exact) mass is 457 g/mol. The fraction of sp³-hybridized carbons (Fsp3) is 0.640. The summed E-state index contributed by atoms with van der Waals surface area (Å²) in [6, 6.07) is 10.8. The molecule has 1 aromatic carbocycles. The van der Waals surface area contributed by atoms with Crippen LogP contribution in [0.2, 0.25) is 0 Å². The summed E-state index contributed by atoms with van der Waals surface area (Å²) in [6.45, 7) is 2.24. The molecule has 0 spiro atoms. The molecule has 6 nitrogen and oxygen atoms in total. The van der Waals surface area contributed by atoms with Crippen LogP contribution >= 0.6 is 0 Å². The van der Waals surface area contributed by atoms with Crippen molar-refractivity contribution in [1.29, 1.82) is 0 Å². The number of benzene rings is 1. The van der Waals surface area contributed by atoms with E-state index < -0.39 is 9.84 Å². The number of hydrogen-bond donors (Lipinski definition) is 1. The normalized spacial score (nSPS) is 25.3. The Balaban J connectivity index is 1.22. The van der Waals surface area contributed by atoms with E-state index in [9.17, 15) is 13.2 Å². The minimum absolute atomic E-state index is 0.125. The molecule has 7 heteroatoms. The summed E-state index contributed by atoms with van der Waals surface area (Å²) in [5.41, 5.74) is 2.49. The van der Waals surface area contributed by atoms with Crippen molar-refractivity contribution in [3.05, 3.63) is 36.0 Å². The van der Waals surface area contributed by atoms with E-state index in [1.54, 1.807) is 0 Å². The average molecular weight is 458 g/mol. The molecule has 1 atom stereocenters. The number of rotatable bonds is 5. The molecule has 1 amide bonds. The predicted molar refractivity (Wildman–Crippen MR) is 127 cm³/mol. The summed E-state index contributed by atoms with van der Waals surface area (Å²) in [7, 11) is -3.01. The van der Waals surface area contributed by atoms with E-state index in [-0.39, 0.29) is 29.5 Å². The third-order valence-electron chi connectivity index (χ3n) is 7.79. The minimum Gasteiger partial charge on any atom is -0.358 e. The number of nitrogens with zero attached hydrogens (tertiary/aromatic N) is 2. The molecule has 1 aromatic heterocycles. The largest absolute Gasteiger partial charge is 0.358 e. The molecule has 32 heavy (non-hydrogen) atoms. The summed E-state index contributed by atoms with van der Waals surface area (Å²) in [6.07, 6.45) is 8.24. The van der Waals surface area contributed by atoms with Crippen LogP contribution in [0.3, 0.4) is 0 Å². The number of amides is 1. The average Bonchev–Trinajstić information content (AvgIpc) is 3.38. The van der Waals surface area contributed by atoms with Crippen LogP contribution in [0.5, 0.6) is 0 Å². The summed E-state index contributed by atoms with van der Waals surface area (Å²) in [5.74, 6) is 1.02.